The largest absolute Gasteiger partial charge is 0.458 e. The van der Waals surface area contributed by atoms with Gasteiger partial charge in [-0.2, -0.15) is 0 Å². The number of hydrogen-bond acceptors (Lipinski definition) is 2. The standard InChI is InChI=1S/C18H18O2/c1-3-7-15(8-4-1)19-17-11-13-18(14-12-17)20-16-9-5-2-6-10-16/h3,5,7-14H,1-2,4,6H2. The molecule has 0 saturated heterocycles. The highest BCUT2D eigenvalue weighted by Crippen LogP contribution is 2.23. The average Bonchev–Trinajstić information content (AvgIpc) is 2.51. The molecule has 2 aliphatic rings. The van der Waals surface area contributed by atoms with E-state index in [0.29, 0.717) is 0 Å². The van der Waals surface area contributed by atoms with Crippen LogP contribution in [-0.2, 0) is 0 Å². The Morgan fingerprint density at radius 2 is 1.05 bits per heavy atom. The van der Waals surface area contributed by atoms with Crippen LogP contribution in [-0.4, -0.2) is 0 Å². The summed E-state index contributed by atoms with van der Waals surface area (Å²) in [4.78, 5) is 0. The van der Waals surface area contributed by atoms with Gasteiger partial charge in [-0.25, -0.2) is 0 Å². The molecule has 3 rings (SSSR count). The van der Waals surface area contributed by atoms with Crippen LogP contribution in [0.5, 0.6) is 11.5 Å². The molecule has 0 spiro atoms. The lowest BCUT2D eigenvalue weighted by Gasteiger charge is -2.11. The summed E-state index contributed by atoms with van der Waals surface area (Å²) >= 11 is 0. The molecule has 0 saturated carbocycles. The van der Waals surface area contributed by atoms with Crippen molar-refractivity contribution in [2.45, 2.75) is 25.7 Å². The molecule has 0 unspecified atom stereocenters. The van der Waals surface area contributed by atoms with Gasteiger partial charge in [-0.05, 0) is 74.3 Å². The molecule has 0 heterocycles. The molecule has 102 valence electrons. The molecule has 0 aliphatic heterocycles. The minimum atomic E-state index is 0.836. The van der Waals surface area contributed by atoms with Gasteiger partial charge in [0.1, 0.15) is 23.0 Å². The molecule has 2 heteroatoms. The highest BCUT2D eigenvalue weighted by Gasteiger charge is 2.03. The summed E-state index contributed by atoms with van der Waals surface area (Å²) in [6.45, 7) is 0. The van der Waals surface area contributed by atoms with Crippen LogP contribution in [0.4, 0.5) is 0 Å². The number of hydrogen-bond donors (Lipinski definition) is 0. The first-order valence-electron chi connectivity index (χ1n) is 7.09. The van der Waals surface area contributed by atoms with Crippen molar-refractivity contribution in [1.29, 1.82) is 0 Å². The first-order chi connectivity index (χ1) is 9.90. The van der Waals surface area contributed by atoms with Crippen molar-refractivity contribution >= 4 is 0 Å². The summed E-state index contributed by atoms with van der Waals surface area (Å²) in [5.74, 6) is 3.51. The van der Waals surface area contributed by atoms with Gasteiger partial charge in [-0.1, -0.05) is 12.2 Å². The maximum Gasteiger partial charge on any atom is 0.127 e. The summed E-state index contributed by atoms with van der Waals surface area (Å²) < 4.78 is 11.6. The first kappa shape index (κ1) is 12.8. The topological polar surface area (TPSA) is 18.5 Å². The van der Waals surface area contributed by atoms with Crippen molar-refractivity contribution in [3.05, 3.63) is 72.2 Å². The highest BCUT2D eigenvalue weighted by molar-refractivity contribution is 5.35. The molecule has 0 bridgehead atoms. The zero-order chi connectivity index (χ0) is 13.6. The second kappa shape index (κ2) is 6.29. The Bertz CT molecular complexity index is 521. The third-order valence-corrected chi connectivity index (χ3v) is 3.22. The van der Waals surface area contributed by atoms with Crippen molar-refractivity contribution in [2.75, 3.05) is 0 Å². The van der Waals surface area contributed by atoms with Crippen LogP contribution in [0, 0.1) is 0 Å². The molecular weight excluding hydrogens is 248 g/mol. The van der Waals surface area contributed by atoms with Gasteiger partial charge in [0.2, 0.25) is 0 Å². The fourth-order valence-electron chi connectivity index (χ4n) is 2.18. The Labute approximate surface area is 119 Å². The van der Waals surface area contributed by atoms with Crippen molar-refractivity contribution in [1.82, 2.24) is 0 Å². The molecule has 0 N–H and O–H groups in total. The van der Waals surface area contributed by atoms with Crippen LogP contribution < -0.4 is 9.47 Å². The summed E-state index contributed by atoms with van der Waals surface area (Å²) in [5, 5.41) is 0. The van der Waals surface area contributed by atoms with E-state index in [4.69, 9.17) is 9.47 Å². The van der Waals surface area contributed by atoms with Crippen LogP contribution in [0.15, 0.2) is 72.2 Å². The third-order valence-electron chi connectivity index (χ3n) is 3.22. The SMILES string of the molecule is C1=CC(Oc2ccc(OC3=CCCC=C3)cc2)=CCC1. The zero-order valence-electron chi connectivity index (χ0n) is 11.4. The van der Waals surface area contributed by atoms with Gasteiger partial charge in [-0.15, -0.1) is 0 Å². The monoisotopic (exact) mass is 266 g/mol. The molecule has 0 radical (unpaired) electrons. The van der Waals surface area contributed by atoms with Gasteiger partial charge in [0, 0.05) is 0 Å². The minimum Gasteiger partial charge on any atom is -0.458 e. The second-order valence-electron chi connectivity index (χ2n) is 4.85. The van der Waals surface area contributed by atoms with E-state index in [0.717, 1.165) is 48.7 Å². The molecule has 0 amide bonds. The van der Waals surface area contributed by atoms with Crippen LogP contribution in [0.3, 0.4) is 0 Å². The second-order valence-corrected chi connectivity index (χ2v) is 4.85. The summed E-state index contributed by atoms with van der Waals surface area (Å²) in [6, 6.07) is 7.74. The van der Waals surface area contributed by atoms with Crippen molar-refractivity contribution in [3.63, 3.8) is 0 Å². The fourth-order valence-corrected chi connectivity index (χ4v) is 2.18. The van der Waals surface area contributed by atoms with E-state index < -0.39 is 0 Å². The van der Waals surface area contributed by atoms with Gasteiger partial charge >= 0.3 is 0 Å². The molecular formula is C18H18O2. The number of ether oxygens (including phenoxy) is 2. The minimum absolute atomic E-state index is 0.836. The smallest absolute Gasteiger partial charge is 0.127 e. The maximum absolute atomic E-state index is 5.79. The van der Waals surface area contributed by atoms with E-state index >= 15 is 0 Å². The van der Waals surface area contributed by atoms with Crippen molar-refractivity contribution < 1.29 is 9.47 Å². The van der Waals surface area contributed by atoms with E-state index in [1.165, 1.54) is 0 Å². The van der Waals surface area contributed by atoms with Gasteiger partial charge < -0.3 is 9.47 Å². The number of benzene rings is 1. The lowest BCUT2D eigenvalue weighted by molar-refractivity contribution is 0.427. The predicted molar refractivity (Wildman–Crippen MR) is 80.6 cm³/mol. The summed E-state index contributed by atoms with van der Waals surface area (Å²) in [5.41, 5.74) is 0. The molecule has 0 aromatic heterocycles. The van der Waals surface area contributed by atoms with Crippen LogP contribution in [0.25, 0.3) is 0 Å². The summed E-state index contributed by atoms with van der Waals surface area (Å²) in [7, 11) is 0. The van der Waals surface area contributed by atoms with Crippen LogP contribution in [0.2, 0.25) is 0 Å². The van der Waals surface area contributed by atoms with E-state index in [-0.39, 0.29) is 0 Å². The number of allylic oxidation sites excluding steroid dienone is 6. The quantitative estimate of drug-likeness (QED) is 0.770. The van der Waals surface area contributed by atoms with Gasteiger partial charge in [0.15, 0.2) is 0 Å². The lowest BCUT2D eigenvalue weighted by atomic mass is 10.2. The zero-order valence-corrected chi connectivity index (χ0v) is 11.4. The predicted octanol–water partition coefficient (Wildman–Crippen LogP) is 4.91. The molecule has 0 fully saturated rings. The summed E-state index contributed by atoms with van der Waals surface area (Å²) in [6.07, 6.45) is 16.8. The Morgan fingerprint density at radius 3 is 1.40 bits per heavy atom. The van der Waals surface area contributed by atoms with E-state index in [2.05, 4.69) is 24.3 Å². The van der Waals surface area contributed by atoms with E-state index in [1.807, 2.05) is 36.4 Å². The molecule has 2 nitrogen and oxygen atoms in total. The van der Waals surface area contributed by atoms with E-state index in [9.17, 15) is 0 Å². The average molecular weight is 266 g/mol. The lowest BCUT2D eigenvalue weighted by Crippen LogP contribution is -1.97. The Balaban J connectivity index is 1.62. The maximum atomic E-state index is 5.79. The van der Waals surface area contributed by atoms with Crippen LogP contribution in [0.1, 0.15) is 25.7 Å². The van der Waals surface area contributed by atoms with Crippen LogP contribution >= 0.6 is 0 Å². The van der Waals surface area contributed by atoms with Gasteiger partial charge in [-0.3, -0.25) is 0 Å². The molecule has 1 aromatic rings. The molecule has 1 aromatic carbocycles. The van der Waals surface area contributed by atoms with Crippen molar-refractivity contribution in [2.24, 2.45) is 0 Å². The highest BCUT2D eigenvalue weighted by atomic mass is 16.5. The van der Waals surface area contributed by atoms with Gasteiger partial charge in [0.25, 0.3) is 0 Å². The Hall–Kier alpha value is -2.22. The first-order valence-corrected chi connectivity index (χ1v) is 7.09. The normalized spacial score (nSPS) is 17.4. The van der Waals surface area contributed by atoms with Crippen molar-refractivity contribution in [3.8, 4) is 11.5 Å². The third kappa shape index (κ3) is 3.41. The Morgan fingerprint density at radius 1 is 0.600 bits per heavy atom. The molecule has 0 atom stereocenters. The van der Waals surface area contributed by atoms with E-state index in [1.54, 1.807) is 0 Å². The fraction of sp³-hybridized carbons (Fsp3) is 0.222. The Kier molecular flexibility index (Phi) is 4.02. The van der Waals surface area contributed by atoms with Gasteiger partial charge in [0.05, 0.1) is 0 Å². The number of rotatable bonds is 4. The molecule has 2 aliphatic carbocycles. The molecule has 20 heavy (non-hydrogen) atoms.